The summed E-state index contributed by atoms with van der Waals surface area (Å²) in [6.45, 7) is 2.69. The molecule has 1 fully saturated rings. The van der Waals surface area contributed by atoms with Crippen molar-refractivity contribution in [2.24, 2.45) is 11.1 Å². The molecule has 1 saturated carbocycles. The number of nitrogens with two attached hydrogens (primary N) is 1. The highest BCUT2D eigenvalue weighted by Gasteiger charge is 2.28. The number of benzene rings is 1. The molecule has 5 rings (SSSR count). The number of anilines is 1. The van der Waals surface area contributed by atoms with Crippen molar-refractivity contribution < 1.29 is 17.4 Å². The van der Waals surface area contributed by atoms with Crippen LogP contribution in [0.15, 0.2) is 48.2 Å². The molecule has 0 saturated heterocycles. The molecule has 2 aromatic heterocycles. The van der Waals surface area contributed by atoms with Crippen molar-refractivity contribution in [1.82, 2.24) is 14.9 Å². The van der Waals surface area contributed by atoms with Crippen LogP contribution in [-0.4, -0.2) is 41.7 Å². The minimum absolute atomic E-state index is 0.0567. The van der Waals surface area contributed by atoms with E-state index in [0.717, 1.165) is 38.0 Å². The zero-order chi connectivity index (χ0) is 24.4. The molecule has 9 nitrogen and oxygen atoms in total. The predicted molar refractivity (Wildman–Crippen MR) is 133 cm³/mol. The first kappa shape index (κ1) is 24.0. The maximum absolute atomic E-state index is 13.3. The van der Waals surface area contributed by atoms with Gasteiger partial charge < -0.3 is 5.32 Å². The minimum Gasteiger partial charge on any atom is -0.367 e. The number of rotatable bonds is 9. The smallest absolute Gasteiger partial charge is 0.333 e. The van der Waals surface area contributed by atoms with Gasteiger partial charge in [0.05, 0.1) is 17.0 Å². The number of fused-ring (bicyclic) bond motifs is 1. The molecule has 3 heterocycles. The lowest BCUT2D eigenvalue weighted by atomic mass is 10.1. The van der Waals surface area contributed by atoms with E-state index in [1.165, 1.54) is 28.8 Å². The van der Waals surface area contributed by atoms with Crippen LogP contribution in [0.25, 0.3) is 0 Å². The Morgan fingerprint density at radius 3 is 2.74 bits per heavy atom. The van der Waals surface area contributed by atoms with E-state index >= 15 is 0 Å². The molecule has 3 aromatic rings. The molecule has 1 aliphatic carbocycles. The van der Waals surface area contributed by atoms with Crippen LogP contribution in [-0.2, 0) is 34.1 Å². The summed E-state index contributed by atoms with van der Waals surface area (Å²) in [7, 11) is -3.94. The van der Waals surface area contributed by atoms with E-state index in [1.807, 2.05) is 11.4 Å². The van der Waals surface area contributed by atoms with E-state index in [0.29, 0.717) is 22.7 Å². The van der Waals surface area contributed by atoms with E-state index in [4.69, 9.17) is 9.32 Å². The molecule has 0 spiro atoms. The molecular formula is C24H27N5O4S2. The number of carbonyl (C=O) groups excluding carboxylic acids is 1. The van der Waals surface area contributed by atoms with Crippen LogP contribution >= 0.6 is 11.3 Å². The largest absolute Gasteiger partial charge is 0.367 e. The van der Waals surface area contributed by atoms with Crippen molar-refractivity contribution in [1.29, 1.82) is 0 Å². The van der Waals surface area contributed by atoms with Crippen molar-refractivity contribution in [3.05, 3.63) is 75.4 Å². The van der Waals surface area contributed by atoms with Gasteiger partial charge in [-0.15, -0.1) is 11.3 Å². The zero-order valence-electron chi connectivity index (χ0n) is 19.1. The van der Waals surface area contributed by atoms with Crippen LogP contribution in [0.2, 0.25) is 0 Å². The number of ketones is 1. The van der Waals surface area contributed by atoms with Gasteiger partial charge in [-0.05, 0) is 53.3 Å². The van der Waals surface area contributed by atoms with Gasteiger partial charge in [-0.2, -0.15) is 8.42 Å². The molecular weight excluding hydrogens is 486 g/mol. The van der Waals surface area contributed by atoms with Crippen molar-refractivity contribution in [3.63, 3.8) is 0 Å². The van der Waals surface area contributed by atoms with E-state index < -0.39 is 10.3 Å². The number of nitrogens with zero attached hydrogens (tertiary/aromatic N) is 3. The van der Waals surface area contributed by atoms with Crippen LogP contribution in [0.3, 0.4) is 0 Å². The standard InChI is InChI=1S/C24H27N5O4S2/c25-35(31,32)33-13-16-5-6-20(7-16)28-24-21(9-26-15-27-24)23(30)22-8-17(14-34-22)10-29-11-18-3-1-2-4-19(18)12-29/h1-4,8-9,14-16,20H,5-7,10-13H2,(H2,25,31,32)(H,26,27,28)/t16?,20-/m0/s1. The molecule has 3 N–H and O–H groups in total. The highest BCUT2D eigenvalue weighted by Crippen LogP contribution is 2.30. The second-order valence-corrected chi connectivity index (χ2v) is 11.3. The lowest BCUT2D eigenvalue weighted by Gasteiger charge is -2.16. The number of thiophene rings is 1. The first-order valence-electron chi connectivity index (χ1n) is 11.5. The van der Waals surface area contributed by atoms with Gasteiger partial charge in [0.2, 0.25) is 5.78 Å². The van der Waals surface area contributed by atoms with E-state index in [9.17, 15) is 13.2 Å². The van der Waals surface area contributed by atoms with Gasteiger partial charge >= 0.3 is 10.3 Å². The lowest BCUT2D eigenvalue weighted by Crippen LogP contribution is -2.22. The first-order valence-corrected chi connectivity index (χ1v) is 13.8. The van der Waals surface area contributed by atoms with Crippen LogP contribution in [0.5, 0.6) is 0 Å². The third-order valence-corrected chi connectivity index (χ3v) is 7.94. The molecule has 0 amide bonds. The summed E-state index contributed by atoms with van der Waals surface area (Å²) in [6, 6.07) is 10.5. The van der Waals surface area contributed by atoms with E-state index in [-0.39, 0.29) is 24.3 Å². The van der Waals surface area contributed by atoms with Crippen molar-refractivity contribution >= 4 is 33.2 Å². The maximum atomic E-state index is 13.3. The van der Waals surface area contributed by atoms with Crippen molar-refractivity contribution in [2.75, 3.05) is 11.9 Å². The Morgan fingerprint density at radius 1 is 1.23 bits per heavy atom. The van der Waals surface area contributed by atoms with Crippen LogP contribution < -0.4 is 10.5 Å². The Bertz CT molecular complexity index is 1300. The van der Waals surface area contributed by atoms with Crippen LogP contribution in [0.4, 0.5) is 5.82 Å². The molecule has 0 radical (unpaired) electrons. The van der Waals surface area contributed by atoms with Crippen LogP contribution in [0, 0.1) is 5.92 Å². The molecule has 184 valence electrons. The SMILES string of the molecule is NS(=O)(=O)OCC1CC[C@H](Nc2ncncc2C(=O)c2cc(CN3Cc4ccccc4C3)cs2)C1. The first-order chi connectivity index (χ1) is 16.8. The summed E-state index contributed by atoms with van der Waals surface area (Å²) >= 11 is 1.44. The van der Waals surface area contributed by atoms with Crippen molar-refractivity contribution in [2.45, 2.75) is 44.9 Å². The highest BCUT2D eigenvalue weighted by molar-refractivity contribution is 7.84. The lowest BCUT2D eigenvalue weighted by molar-refractivity contribution is 0.104. The number of aromatic nitrogens is 2. The quantitative estimate of drug-likeness (QED) is 0.418. The molecule has 2 atom stereocenters. The van der Waals surface area contributed by atoms with Gasteiger partial charge in [-0.25, -0.2) is 15.1 Å². The summed E-state index contributed by atoms with van der Waals surface area (Å²) in [4.78, 5) is 24.7. The number of carbonyl (C=O) groups is 1. The maximum Gasteiger partial charge on any atom is 0.333 e. The molecule has 1 aromatic carbocycles. The Morgan fingerprint density at radius 2 is 2.00 bits per heavy atom. The predicted octanol–water partition coefficient (Wildman–Crippen LogP) is 3.09. The molecule has 0 bridgehead atoms. The monoisotopic (exact) mass is 513 g/mol. The molecule has 2 aliphatic rings. The van der Waals surface area contributed by atoms with E-state index in [2.05, 4.69) is 44.5 Å². The third-order valence-electron chi connectivity index (χ3n) is 6.50. The summed E-state index contributed by atoms with van der Waals surface area (Å²) in [6.07, 6.45) is 5.29. The number of hydrogen-bond acceptors (Lipinski definition) is 9. The fraction of sp³-hybridized carbons (Fsp3) is 0.375. The fourth-order valence-electron chi connectivity index (χ4n) is 4.84. The minimum atomic E-state index is -3.94. The molecule has 1 aliphatic heterocycles. The van der Waals surface area contributed by atoms with Gasteiger partial charge in [-0.1, -0.05) is 24.3 Å². The van der Waals surface area contributed by atoms with Crippen LogP contribution in [0.1, 0.15) is 51.2 Å². The summed E-state index contributed by atoms with van der Waals surface area (Å²) in [5.41, 5.74) is 4.27. The van der Waals surface area contributed by atoms with Gasteiger partial charge in [0.25, 0.3) is 0 Å². The Hall–Kier alpha value is -2.70. The third kappa shape index (κ3) is 5.93. The second-order valence-electron chi connectivity index (χ2n) is 9.14. The normalized spacial score (nSPS) is 20.1. The van der Waals surface area contributed by atoms with Gasteiger partial charge in [0, 0.05) is 31.9 Å². The molecule has 11 heteroatoms. The van der Waals surface area contributed by atoms with Gasteiger partial charge in [0.15, 0.2) is 0 Å². The Labute approximate surface area is 208 Å². The Balaban J connectivity index is 1.21. The summed E-state index contributed by atoms with van der Waals surface area (Å²) in [5.74, 6) is 0.456. The van der Waals surface area contributed by atoms with Gasteiger partial charge in [-0.3, -0.25) is 13.9 Å². The average Bonchev–Trinajstić information content (AvgIpc) is 3.57. The summed E-state index contributed by atoms with van der Waals surface area (Å²) in [5, 5.41) is 10.3. The van der Waals surface area contributed by atoms with E-state index in [1.54, 1.807) is 6.20 Å². The number of nitrogens with one attached hydrogen (secondary N) is 1. The highest BCUT2D eigenvalue weighted by atomic mass is 32.2. The Kier molecular flexibility index (Phi) is 6.94. The number of hydrogen-bond donors (Lipinski definition) is 2. The average molecular weight is 514 g/mol. The van der Waals surface area contributed by atoms with Gasteiger partial charge in [0.1, 0.15) is 12.1 Å². The summed E-state index contributed by atoms with van der Waals surface area (Å²) < 4.78 is 26.8. The zero-order valence-corrected chi connectivity index (χ0v) is 20.7. The molecule has 35 heavy (non-hydrogen) atoms. The second kappa shape index (κ2) is 10.1. The topological polar surface area (TPSA) is 128 Å². The fourth-order valence-corrected chi connectivity index (χ4v) is 6.08. The van der Waals surface area contributed by atoms with Crippen molar-refractivity contribution in [3.8, 4) is 0 Å². The molecule has 1 unspecified atom stereocenters.